The van der Waals surface area contributed by atoms with Gasteiger partial charge >= 0.3 is 0 Å². The van der Waals surface area contributed by atoms with Gasteiger partial charge in [0, 0.05) is 18.7 Å². The van der Waals surface area contributed by atoms with Crippen LogP contribution in [0.1, 0.15) is 29.5 Å². The van der Waals surface area contributed by atoms with E-state index in [0.29, 0.717) is 37.7 Å². The fraction of sp³-hybridized carbons (Fsp3) is 0.353. The largest absolute Gasteiger partial charge is 0.494 e. The molecule has 0 fully saturated rings. The van der Waals surface area contributed by atoms with Crippen molar-refractivity contribution in [1.29, 1.82) is 0 Å². The SMILES string of the molecule is CCOc1cccc(C(=O)NCCCOCc2ccco2)c1. The average Bonchev–Trinajstić information content (AvgIpc) is 3.04. The van der Waals surface area contributed by atoms with Crippen LogP contribution in [0.15, 0.2) is 47.1 Å². The van der Waals surface area contributed by atoms with Crippen LogP contribution in [-0.4, -0.2) is 25.7 Å². The van der Waals surface area contributed by atoms with Gasteiger partial charge in [0.15, 0.2) is 0 Å². The summed E-state index contributed by atoms with van der Waals surface area (Å²) < 4.78 is 16.0. The topological polar surface area (TPSA) is 60.7 Å². The molecule has 1 aromatic carbocycles. The third kappa shape index (κ3) is 5.26. The minimum Gasteiger partial charge on any atom is -0.494 e. The molecule has 1 amide bonds. The maximum absolute atomic E-state index is 12.0. The van der Waals surface area contributed by atoms with Crippen LogP contribution in [0.2, 0.25) is 0 Å². The van der Waals surface area contributed by atoms with Gasteiger partial charge in [-0.25, -0.2) is 0 Å². The van der Waals surface area contributed by atoms with E-state index in [9.17, 15) is 4.79 Å². The number of amides is 1. The molecule has 5 nitrogen and oxygen atoms in total. The molecule has 0 aliphatic heterocycles. The number of rotatable bonds is 9. The van der Waals surface area contributed by atoms with Crippen molar-refractivity contribution in [2.75, 3.05) is 19.8 Å². The first-order chi connectivity index (χ1) is 10.8. The molecular weight excluding hydrogens is 282 g/mol. The number of furan rings is 1. The van der Waals surface area contributed by atoms with Crippen LogP contribution < -0.4 is 10.1 Å². The van der Waals surface area contributed by atoms with Crippen molar-refractivity contribution < 1.29 is 18.7 Å². The standard InChI is InChI=1S/C17H21NO4/c1-2-21-15-7-3-6-14(12-15)17(19)18-9-5-10-20-13-16-8-4-11-22-16/h3-4,6-8,11-12H,2,5,9-10,13H2,1H3,(H,18,19). The van der Waals surface area contributed by atoms with E-state index in [1.807, 2.05) is 31.2 Å². The highest BCUT2D eigenvalue weighted by Gasteiger charge is 2.06. The number of carbonyl (C=O) groups excluding carboxylic acids is 1. The highest BCUT2D eigenvalue weighted by Crippen LogP contribution is 2.13. The Morgan fingerprint density at radius 1 is 1.27 bits per heavy atom. The minimum absolute atomic E-state index is 0.104. The predicted octanol–water partition coefficient (Wildman–Crippen LogP) is 3.02. The van der Waals surface area contributed by atoms with Crippen molar-refractivity contribution in [3.8, 4) is 5.75 Å². The molecule has 0 saturated carbocycles. The second kappa shape index (κ2) is 8.89. The number of carbonyl (C=O) groups is 1. The van der Waals surface area contributed by atoms with Gasteiger partial charge in [0.2, 0.25) is 0 Å². The first-order valence-electron chi connectivity index (χ1n) is 7.41. The molecular formula is C17H21NO4. The molecule has 2 rings (SSSR count). The van der Waals surface area contributed by atoms with Gasteiger partial charge in [0.05, 0.1) is 12.9 Å². The van der Waals surface area contributed by atoms with Gasteiger partial charge in [-0.3, -0.25) is 4.79 Å². The number of hydrogen-bond donors (Lipinski definition) is 1. The summed E-state index contributed by atoms with van der Waals surface area (Å²) in [5.41, 5.74) is 0.599. The Bertz CT molecular complexity index is 566. The molecule has 0 aliphatic carbocycles. The first kappa shape index (κ1) is 16.1. The average molecular weight is 303 g/mol. The number of hydrogen-bond acceptors (Lipinski definition) is 4. The second-order valence-corrected chi connectivity index (χ2v) is 4.70. The number of nitrogens with one attached hydrogen (secondary N) is 1. The molecule has 0 bridgehead atoms. The van der Waals surface area contributed by atoms with E-state index in [-0.39, 0.29) is 5.91 Å². The molecule has 1 heterocycles. The molecule has 0 spiro atoms. The zero-order valence-corrected chi connectivity index (χ0v) is 12.7. The molecule has 0 saturated heterocycles. The second-order valence-electron chi connectivity index (χ2n) is 4.70. The van der Waals surface area contributed by atoms with E-state index in [4.69, 9.17) is 13.9 Å². The zero-order valence-electron chi connectivity index (χ0n) is 12.7. The number of ether oxygens (including phenoxy) is 2. The van der Waals surface area contributed by atoms with E-state index in [0.717, 1.165) is 12.2 Å². The quantitative estimate of drug-likeness (QED) is 0.723. The van der Waals surface area contributed by atoms with Crippen LogP contribution in [0.3, 0.4) is 0 Å². The summed E-state index contributed by atoms with van der Waals surface area (Å²) in [5, 5.41) is 2.86. The smallest absolute Gasteiger partial charge is 0.251 e. The summed E-state index contributed by atoms with van der Waals surface area (Å²) in [5.74, 6) is 1.40. The molecule has 1 aromatic heterocycles. The first-order valence-corrected chi connectivity index (χ1v) is 7.41. The molecule has 1 N–H and O–H groups in total. The van der Waals surface area contributed by atoms with Crippen molar-refractivity contribution in [2.45, 2.75) is 20.0 Å². The van der Waals surface area contributed by atoms with E-state index in [1.165, 1.54) is 0 Å². The Labute approximate surface area is 130 Å². The fourth-order valence-corrected chi connectivity index (χ4v) is 1.94. The Morgan fingerprint density at radius 2 is 2.18 bits per heavy atom. The summed E-state index contributed by atoms with van der Waals surface area (Å²) in [6, 6.07) is 10.9. The summed E-state index contributed by atoms with van der Waals surface area (Å²) in [6.07, 6.45) is 2.37. The molecule has 2 aromatic rings. The number of benzene rings is 1. The molecule has 0 aliphatic rings. The Hall–Kier alpha value is -2.27. The van der Waals surface area contributed by atoms with Crippen molar-refractivity contribution in [2.24, 2.45) is 0 Å². The molecule has 118 valence electrons. The summed E-state index contributed by atoms with van der Waals surface area (Å²) in [4.78, 5) is 12.0. The van der Waals surface area contributed by atoms with Gasteiger partial charge in [0.1, 0.15) is 18.1 Å². The summed E-state index contributed by atoms with van der Waals surface area (Å²) in [6.45, 7) is 4.08. The lowest BCUT2D eigenvalue weighted by molar-refractivity contribution is 0.0916. The molecule has 5 heteroatoms. The fourth-order valence-electron chi connectivity index (χ4n) is 1.94. The monoisotopic (exact) mass is 303 g/mol. The van der Waals surface area contributed by atoms with Gasteiger partial charge < -0.3 is 19.2 Å². The Morgan fingerprint density at radius 3 is 2.95 bits per heavy atom. The van der Waals surface area contributed by atoms with Gasteiger partial charge in [-0.1, -0.05) is 6.07 Å². The zero-order chi connectivity index (χ0) is 15.6. The summed E-state index contributed by atoms with van der Waals surface area (Å²) in [7, 11) is 0. The van der Waals surface area contributed by atoms with Gasteiger partial charge in [-0.05, 0) is 43.7 Å². The minimum atomic E-state index is -0.104. The van der Waals surface area contributed by atoms with Gasteiger partial charge in [-0.2, -0.15) is 0 Å². The highest BCUT2D eigenvalue weighted by atomic mass is 16.5. The van der Waals surface area contributed by atoms with Crippen LogP contribution in [0.25, 0.3) is 0 Å². The lowest BCUT2D eigenvalue weighted by Gasteiger charge is -2.07. The van der Waals surface area contributed by atoms with Crippen molar-refractivity contribution in [1.82, 2.24) is 5.32 Å². The van der Waals surface area contributed by atoms with Crippen molar-refractivity contribution in [3.63, 3.8) is 0 Å². The van der Waals surface area contributed by atoms with Gasteiger partial charge in [-0.15, -0.1) is 0 Å². The maximum Gasteiger partial charge on any atom is 0.251 e. The van der Waals surface area contributed by atoms with E-state index < -0.39 is 0 Å². The highest BCUT2D eigenvalue weighted by molar-refractivity contribution is 5.94. The molecule has 22 heavy (non-hydrogen) atoms. The maximum atomic E-state index is 12.0. The Kier molecular flexibility index (Phi) is 6.51. The van der Waals surface area contributed by atoms with E-state index >= 15 is 0 Å². The van der Waals surface area contributed by atoms with Gasteiger partial charge in [0.25, 0.3) is 5.91 Å². The van der Waals surface area contributed by atoms with Crippen LogP contribution in [0, 0.1) is 0 Å². The molecule has 0 atom stereocenters. The lowest BCUT2D eigenvalue weighted by atomic mass is 10.2. The van der Waals surface area contributed by atoms with Crippen LogP contribution in [-0.2, 0) is 11.3 Å². The van der Waals surface area contributed by atoms with Crippen LogP contribution >= 0.6 is 0 Å². The normalized spacial score (nSPS) is 10.4. The molecule has 0 radical (unpaired) electrons. The lowest BCUT2D eigenvalue weighted by Crippen LogP contribution is -2.25. The molecule has 0 unspecified atom stereocenters. The van der Waals surface area contributed by atoms with Crippen molar-refractivity contribution in [3.05, 3.63) is 54.0 Å². The summed E-state index contributed by atoms with van der Waals surface area (Å²) >= 11 is 0. The Balaban J connectivity index is 1.64. The van der Waals surface area contributed by atoms with Crippen LogP contribution in [0.5, 0.6) is 5.75 Å². The van der Waals surface area contributed by atoms with Crippen LogP contribution in [0.4, 0.5) is 0 Å². The third-order valence-corrected chi connectivity index (χ3v) is 2.98. The van der Waals surface area contributed by atoms with E-state index in [1.54, 1.807) is 18.4 Å². The predicted molar refractivity (Wildman–Crippen MR) is 82.9 cm³/mol. The van der Waals surface area contributed by atoms with Crippen molar-refractivity contribution >= 4 is 5.91 Å². The van der Waals surface area contributed by atoms with E-state index in [2.05, 4.69) is 5.32 Å². The third-order valence-electron chi connectivity index (χ3n) is 2.98.